The molecule has 0 atom stereocenters. The van der Waals surface area contributed by atoms with Crippen molar-refractivity contribution in [1.82, 2.24) is 9.88 Å². The predicted molar refractivity (Wildman–Crippen MR) is 106 cm³/mol. The average Bonchev–Trinajstić information content (AvgIpc) is 2.99. The summed E-state index contributed by atoms with van der Waals surface area (Å²) in [5, 5.41) is 4.30. The van der Waals surface area contributed by atoms with Crippen molar-refractivity contribution in [2.75, 3.05) is 13.7 Å². The van der Waals surface area contributed by atoms with Crippen LogP contribution in [0.2, 0.25) is 0 Å². The first kappa shape index (κ1) is 18.1. The lowest BCUT2D eigenvalue weighted by atomic mass is 10.1. The number of para-hydroxylation sites is 1. The van der Waals surface area contributed by atoms with E-state index in [9.17, 15) is 4.79 Å². The van der Waals surface area contributed by atoms with Crippen LogP contribution >= 0.6 is 0 Å². The summed E-state index contributed by atoms with van der Waals surface area (Å²) in [4.78, 5) is 12.0. The van der Waals surface area contributed by atoms with Gasteiger partial charge in [-0.25, -0.2) is 0 Å². The zero-order valence-corrected chi connectivity index (χ0v) is 15.5. The second-order valence-electron chi connectivity index (χ2n) is 6.55. The third-order valence-corrected chi connectivity index (χ3v) is 4.70. The summed E-state index contributed by atoms with van der Waals surface area (Å²) in [6.45, 7) is 3.75. The maximum atomic E-state index is 12.0. The number of fused-ring (bicyclic) bond motifs is 1. The van der Waals surface area contributed by atoms with Crippen LogP contribution in [0.25, 0.3) is 10.9 Å². The molecule has 0 aliphatic heterocycles. The molecule has 0 fully saturated rings. The number of rotatable bonds is 8. The van der Waals surface area contributed by atoms with Crippen LogP contribution in [-0.4, -0.2) is 24.1 Å². The molecule has 136 valence electrons. The normalized spacial score (nSPS) is 10.8. The molecule has 0 bridgehead atoms. The van der Waals surface area contributed by atoms with Crippen molar-refractivity contribution in [3.63, 3.8) is 0 Å². The number of aryl methyl sites for hydroxylation is 3. The van der Waals surface area contributed by atoms with Gasteiger partial charge in [0.05, 0.1) is 7.11 Å². The Hall–Kier alpha value is -2.75. The average molecular weight is 350 g/mol. The van der Waals surface area contributed by atoms with Crippen molar-refractivity contribution in [3.8, 4) is 5.75 Å². The molecule has 2 aromatic carbocycles. The number of carbonyl (C=O) groups is 1. The smallest absolute Gasteiger partial charge is 0.220 e. The fraction of sp³-hybridized carbons (Fsp3) is 0.318. The maximum Gasteiger partial charge on any atom is 0.220 e. The van der Waals surface area contributed by atoms with E-state index in [-0.39, 0.29) is 5.91 Å². The summed E-state index contributed by atoms with van der Waals surface area (Å²) in [6.07, 6.45) is 2.18. The van der Waals surface area contributed by atoms with Crippen molar-refractivity contribution in [2.24, 2.45) is 0 Å². The maximum absolute atomic E-state index is 12.0. The number of benzene rings is 2. The molecule has 0 saturated heterocycles. The molecule has 3 aromatic rings. The highest BCUT2D eigenvalue weighted by molar-refractivity contribution is 5.81. The summed E-state index contributed by atoms with van der Waals surface area (Å²) in [6, 6.07) is 18.5. The molecule has 0 aliphatic carbocycles. The Bertz CT molecular complexity index is 865. The molecule has 0 saturated carbocycles. The van der Waals surface area contributed by atoms with E-state index in [1.54, 1.807) is 7.11 Å². The Balaban J connectivity index is 1.41. The van der Waals surface area contributed by atoms with E-state index >= 15 is 0 Å². The highest BCUT2D eigenvalue weighted by Gasteiger charge is 2.06. The molecule has 0 unspecified atom stereocenters. The van der Waals surface area contributed by atoms with E-state index in [1.807, 2.05) is 24.3 Å². The molecular formula is C22H26N2O2. The number of nitrogens with zero attached hydrogens (tertiary/aromatic N) is 1. The van der Waals surface area contributed by atoms with Gasteiger partial charge in [0, 0.05) is 30.7 Å². The molecule has 0 radical (unpaired) electrons. The van der Waals surface area contributed by atoms with Crippen LogP contribution in [0.1, 0.15) is 24.1 Å². The first-order chi connectivity index (χ1) is 12.7. The van der Waals surface area contributed by atoms with Gasteiger partial charge >= 0.3 is 0 Å². The summed E-state index contributed by atoms with van der Waals surface area (Å²) >= 11 is 0. The van der Waals surface area contributed by atoms with E-state index in [2.05, 4.69) is 47.1 Å². The second kappa shape index (κ2) is 8.56. The Kier molecular flexibility index (Phi) is 5.95. The van der Waals surface area contributed by atoms with Crippen LogP contribution in [0.3, 0.4) is 0 Å². The van der Waals surface area contributed by atoms with Crippen molar-refractivity contribution in [2.45, 2.75) is 32.7 Å². The van der Waals surface area contributed by atoms with E-state index in [4.69, 9.17) is 4.74 Å². The summed E-state index contributed by atoms with van der Waals surface area (Å²) in [5.74, 6) is 0.945. The zero-order valence-electron chi connectivity index (χ0n) is 15.5. The molecular weight excluding hydrogens is 324 g/mol. The minimum atomic E-state index is 0.106. The zero-order chi connectivity index (χ0) is 18.4. The number of carbonyl (C=O) groups excluding carboxylic acids is 1. The minimum Gasteiger partial charge on any atom is -0.497 e. The molecule has 3 rings (SSSR count). The van der Waals surface area contributed by atoms with E-state index in [1.165, 1.54) is 16.6 Å². The SMILES string of the molecule is COc1ccc(CCC(=O)NCCCn2c(C)cc3ccccc32)cc1. The highest BCUT2D eigenvalue weighted by Crippen LogP contribution is 2.19. The van der Waals surface area contributed by atoms with Crippen LogP contribution in [0.4, 0.5) is 0 Å². The number of nitrogens with one attached hydrogen (secondary N) is 1. The standard InChI is InChI=1S/C22H26N2O2/c1-17-16-19-6-3-4-7-21(19)24(17)15-5-14-23-22(25)13-10-18-8-11-20(26-2)12-9-18/h3-4,6-9,11-12,16H,5,10,13-15H2,1-2H3,(H,23,25). The lowest BCUT2D eigenvalue weighted by Crippen LogP contribution is -2.25. The van der Waals surface area contributed by atoms with Crippen LogP contribution in [0.5, 0.6) is 5.75 Å². The van der Waals surface area contributed by atoms with Crippen LogP contribution in [0, 0.1) is 6.92 Å². The van der Waals surface area contributed by atoms with Crippen molar-refractivity contribution in [3.05, 3.63) is 65.9 Å². The Morgan fingerprint density at radius 2 is 1.88 bits per heavy atom. The molecule has 4 nitrogen and oxygen atoms in total. The van der Waals surface area contributed by atoms with Crippen LogP contribution in [0.15, 0.2) is 54.6 Å². The molecule has 1 N–H and O–H groups in total. The van der Waals surface area contributed by atoms with Gasteiger partial charge in [0.25, 0.3) is 0 Å². The minimum absolute atomic E-state index is 0.106. The van der Waals surface area contributed by atoms with Crippen molar-refractivity contribution < 1.29 is 9.53 Å². The van der Waals surface area contributed by atoms with E-state index in [0.717, 1.165) is 30.7 Å². The number of amides is 1. The van der Waals surface area contributed by atoms with Gasteiger partial charge < -0.3 is 14.6 Å². The van der Waals surface area contributed by atoms with Gasteiger partial charge in [0.2, 0.25) is 5.91 Å². The fourth-order valence-electron chi connectivity index (χ4n) is 3.25. The molecule has 26 heavy (non-hydrogen) atoms. The summed E-state index contributed by atoms with van der Waals surface area (Å²) < 4.78 is 7.46. The summed E-state index contributed by atoms with van der Waals surface area (Å²) in [7, 11) is 1.65. The number of methoxy groups -OCH3 is 1. The largest absolute Gasteiger partial charge is 0.497 e. The van der Waals surface area contributed by atoms with Gasteiger partial charge in [-0.1, -0.05) is 30.3 Å². The quantitative estimate of drug-likeness (QED) is 0.622. The van der Waals surface area contributed by atoms with E-state index < -0.39 is 0 Å². The molecule has 0 spiro atoms. The van der Waals surface area contributed by atoms with Gasteiger partial charge in [-0.05, 0) is 55.0 Å². The highest BCUT2D eigenvalue weighted by atomic mass is 16.5. The van der Waals surface area contributed by atoms with Crippen molar-refractivity contribution >= 4 is 16.8 Å². The Morgan fingerprint density at radius 3 is 2.65 bits per heavy atom. The monoisotopic (exact) mass is 350 g/mol. The molecule has 4 heteroatoms. The third-order valence-electron chi connectivity index (χ3n) is 4.70. The lowest BCUT2D eigenvalue weighted by Gasteiger charge is -2.09. The number of hydrogen-bond acceptors (Lipinski definition) is 2. The Labute approximate surface area is 154 Å². The van der Waals surface area contributed by atoms with Gasteiger partial charge in [-0.2, -0.15) is 0 Å². The lowest BCUT2D eigenvalue weighted by molar-refractivity contribution is -0.121. The topological polar surface area (TPSA) is 43.3 Å². The fourth-order valence-corrected chi connectivity index (χ4v) is 3.25. The first-order valence-corrected chi connectivity index (χ1v) is 9.12. The van der Waals surface area contributed by atoms with Gasteiger partial charge in [0.1, 0.15) is 5.75 Å². The van der Waals surface area contributed by atoms with Crippen LogP contribution < -0.4 is 10.1 Å². The van der Waals surface area contributed by atoms with Crippen molar-refractivity contribution in [1.29, 1.82) is 0 Å². The Morgan fingerprint density at radius 1 is 1.12 bits per heavy atom. The van der Waals surface area contributed by atoms with Crippen LogP contribution in [-0.2, 0) is 17.8 Å². The predicted octanol–water partition coefficient (Wildman–Crippen LogP) is 4.10. The third kappa shape index (κ3) is 4.45. The van der Waals surface area contributed by atoms with Gasteiger partial charge in [0.15, 0.2) is 0 Å². The second-order valence-corrected chi connectivity index (χ2v) is 6.55. The van der Waals surface area contributed by atoms with Gasteiger partial charge in [-0.3, -0.25) is 4.79 Å². The van der Waals surface area contributed by atoms with Gasteiger partial charge in [-0.15, -0.1) is 0 Å². The number of aromatic nitrogens is 1. The molecule has 1 amide bonds. The molecule has 1 heterocycles. The van der Waals surface area contributed by atoms with E-state index in [0.29, 0.717) is 13.0 Å². The molecule has 1 aromatic heterocycles. The first-order valence-electron chi connectivity index (χ1n) is 9.12. The molecule has 0 aliphatic rings. The number of ether oxygens (including phenoxy) is 1. The number of hydrogen-bond donors (Lipinski definition) is 1. The summed E-state index contributed by atoms with van der Waals surface area (Å²) in [5.41, 5.74) is 3.67.